The van der Waals surface area contributed by atoms with Crippen LogP contribution in [0.2, 0.25) is 0 Å². The van der Waals surface area contributed by atoms with Crippen LogP contribution < -0.4 is 10.2 Å². The molecule has 0 atom stereocenters. The second kappa shape index (κ2) is 7.63. The minimum absolute atomic E-state index is 0. The highest BCUT2D eigenvalue weighted by Gasteiger charge is 2.12. The molecule has 1 saturated heterocycles. The normalized spacial score (nSPS) is 15.1. The molecule has 1 aromatic heterocycles. The fourth-order valence-corrected chi connectivity index (χ4v) is 1.64. The monoisotopic (exact) mass is 285 g/mol. The lowest BCUT2D eigenvalue weighted by atomic mass is 10.3. The molecule has 0 amide bonds. The van der Waals surface area contributed by atoms with Crippen LogP contribution in [0.25, 0.3) is 0 Å². The Morgan fingerprint density at radius 3 is 2.29 bits per heavy atom. The third-order valence-electron chi connectivity index (χ3n) is 2.48. The van der Waals surface area contributed by atoms with E-state index in [9.17, 15) is 8.78 Å². The quantitative estimate of drug-likeness (QED) is 0.904. The molecule has 0 radical (unpaired) electrons. The molecule has 17 heavy (non-hydrogen) atoms. The van der Waals surface area contributed by atoms with Gasteiger partial charge < -0.3 is 10.2 Å². The first-order chi connectivity index (χ1) is 7.27. The molecule has 1 N–H and O–H groups in total. The Morgan fingerprint density at radius 1 is 1.18 bits per heavy atom. The van der Waals surface area contributed by atoms with Gasteiger partial charge in [-0.1, -0.05) is 0 Å². The molecule has 2 heterocycles. The number of alkyl halides is 2. The van der Waals surface area contributed by atoms with Gasteiger partial charge in [0.15, 0.2) is 0 Å². The summed E-state index contributed by atoms with van der Waals surface area (Å²) < 4.78 is 24.5. The standard InChI is InChI=1S/C10H13F2N3.2ClH/c11-10(12)9-2-1-8(7-14-9)15-5-3-13-4-6-15;;/h1-2,7,10,13H,3-6H2;2*1H. The maximum atomic E-state index is 12.3. The maximum Gasteiger partial charge on any atom is 0.280 e. The van der Waals surface area contributed by atoms with Gasteiger partial charge >= 0.3 is 0 Å². The van der Waals surface area contributed by atoms with Crippen molar-refractivity contribution in [1.82, 2.24) is 10.3 Å². The Kier molecular flexibility index (Phi) is 7.34. The molecule has 0 spiro atoms. The van der Waals surface area contributed by atoms with E-state index < -0.39 is 6.43 Å². The molecule has 0 saturated carbocycles. The summed E-state index contributed by atoms with van der Waals surface area (Å²) in [5.41, 5.74) is 0.759. The van der Waals surface area contributed by atoms with Crippen molar-refractivity contribution >= 4 is 30.5 Å². The van der Waals surface area contributed by atoms with Crippen LogP contribution in [0.4, 0.5) is 14.5 Å². The van der Waals surface area contributed by atoms with Gasteiger partial charge in [0, 0.05) is 26.2 Å². The molecule has 0 unspecified atom stereocenters. The molecular weight excluding hydrogens is 271 g/mol. The number of halogens is 4. The Balaban J connectivity index is 0.00000128. The second-order valence-electron chi connectivity index (χ2n) is 3.48. The molecule has 2 rings (SSSR count). The Morgan fingerprint density at radius 2 is 1.82 bits per heavy atom. The van der Waals surface area contributed by atoms with Crippen molar-refractivity contribution in [3.63, 3.8) is 0 Å². The van der Waals surface area contributed by atoms with Crippen molar-refractivity contribution in [3.8, 4) is 0 Å². The molecule has 1 fully saturated rings. The van der Waals surface area contributed by atoms with Crippen molar-refractivity contribution in [1.29, 1.82) is 0 Å². The molecular formula is C10H15Cl2F2N3. The van der Waals surface area contributed by atoms with Crippen molar-refractivity contribution < 1.29 is 8.78 Å². The number of pyridine rings is 1. The molecule has 1 aromatic rings. The van der Waals surface area contributed by atoms with E-state index in [4.69, 9.17) is 0 Å². The summed E-state index contributed by atoms with van der Waals surface area (Å²) in [6.07, 6.45) is -0.964. The number of hydrogen-bond acceptors (Lipinski definition) is 3. The van der Waals surface area contributed by atoms with E-state index in [0.717, 1.165) is 31.9 Å². The molecule has 1 aliphatic heterocycles. The Bertz CT molecular complexity index is 316. The summed E-state index contributed by atoms with van der Waals surface area (Å²) in [5, 5.41) is 3.23. The molecule has 0 bridgehead atoms. The number of nitrogens with one attached hydrogen (secondary N) is 1. The van der Waals surface area contributed by atoms with E-state index in [1.54, 1.807) is 6.07 Å². The van der Waals surface area contributed by atoms with Gasteiger partial charge in [0.25, 0.3) is 6.43 Å². The van der Waals surface area contributed by atoms with Crippen LogP contribution >= 0.6 is 24.8 Å². The minimum Gasteiger partial charge on any atom is -0.368 e. The van der Waals surface area contributed by atoms with E-state index >= 15 is 0 Å². The highest BCUT2D eigenvalue weighted by atomic mass is 35.5. The van der Waals surface area contributed by atoms with Gasteiger partial charge in [-0.3, -0.25) is 4.98 Å². The van der Waals surface area contributed by atoms with Crippen LogP contribution in [0.5, 0.6) is 0 Å². The third-order valence-corrected chi connectivity index (χ3v) is 2.48. The van der Waals surface area contributed by atoms with Gasteiger partial charge in [-0.2, -0.15) is 0 Å². The molecule has 98 valence electrons. The van der Waals surface area contributed by atoms with Gasteiger partial charge in [0.05, 0.1) is 11.9 Å². The van der Waals surface area contributed by atoms with Crippen LogP contribution in [0.3, 0.4) is 0 Å². The molecule has 7 heteroatoms. The first kappa shape index (κ1) is 16.4. The first-order valence-electron chi connectivity index (χ1n) is 4.97. The van der Waals surface area contributed by atoms with Crippen molar-refractivity contribution in [2.75, 3.05) is 31.1 Å². The maximum absolute atomic E-state index is 12.3. The first-order valence-corrected chi connectivity index (χ1v) is 4.97. The summed E-state index contributed by atoms with van der Waals surface area (Å²) in [6.45, 7) is 3.65. The SMILES string of the molecule is Cl.Cl.FC(F)c1ccc(N2CCNCC2)cn1. The predicted molar refractivity (Wildman–Crippen MR) is 68.8 cm³/mol. The van der Waals surface area contributed by atoms with E-state index in [1.807, 2.05) is 0 Å². The molecule has 3 nitrogen and oxygen atoms in total. The number of aromatic nitrogens is 1. The zero-order chi connectivity index (χ0) is 10.7. The fourth-order valence-electron chi connectivity index (χ4n) is 1.64. The number of nitrogens with zero attached hydrogens (tertiary/aromatic N) is 2. The fraction of sp³-hybridized carbons (Fsp3) is 0.500. The van der Waals surface area contributed by atoms with Gasteiger partial charge in [-0.05, 0) is 12.1 Å². The number of hydrogen-bond donors (Lipinski definition) is 1. The van der Waals surface area contributed by atoms with Crippen LogP contribution in [0.1, 0.15) is 12.1 Å². The summed E-state index contributed by atoms with van der Waals surface area (Å²) in [6, 6.07) is 3.10. The molecule has 0 aliphatic carbocycles. The van der Waals surface area contributed by atoms with Crippen molar-refractivity contribution in [2.24, 2.45) is 0 Å². The van der Waals surface area contributed by atoms with E-state index in [-0.39, 0.29) is 30.5 Å². The van der Waals surface area contributed by atoms with Crippen molar-refractivity contribution in [3.05, 3.63) is 24.0 Å². The van der Waals surface area contributed by atoms with Crippen LogP contribution in [0.15, 0.2) is 18.3 Å². The van der Waals surface area contributed by atoms with Crippen LogP contribution in [0, 0.1) is 0 Å². The van der Waals surface area contributed by atoms with E-state index in [1.165, 1.54) is 12.3 Å². The summed E-state index contributed by atoms with van der Waals surface area (Å²) in [4.78, 5) is 5.88. The Hall–Kier alpha value is -0.650. The topological polar surface area (TPSA) is 28.2 Å². The number of piperazine rings is 1. The largest absolute Gasteiger partial charge is 0.368 e. The number of rotatable bonds is 2. The van der Waals surface area contributed by atoms with Gasteiger partial charge in [0.1, 0.15) is 5.69 Å². The smallest absolute Gasteiger partial charge is 0.280 e. The minimum atomic E-state index is -2.48. The average Bonchev–Trinajstić information content (AvgIpc) is 2.30. The average molecular weight is 286 g/mol. The van der Waals surface area contributed by atoms with E-state index in [0.29, 0.717) is 0 Å². The van der Waals surface area contributed by atoms with E-state index in [2.05, 4.69) is 15.2 Å². The van der Waals surface area contributed by atoms with Gasteiger partial charge in [-0.15, -0.1) is 24.8 Å². The van der Waals surface area contributed by atoms with Crippen molar-refractivity contribution in [2.45, 2.75) is 6.43 Å². The lowest BCUT2D eigenvalue weighted by Crippen LogP contribution is -2.43. The highest BCUT2D eigenvalue weighted by molar-refractivity contribution is 5.85. The zero-order valence-electron chi connectivity index (χ0n) is 9.10. The van der Waals surface area contributed by atoms with Gasteiger partial charge in [-0.25, -0.2) is 8.78 Å². The number of anilines is 1. The summed E-state index contributed by atoms with van der Waals surface area (Å²) in [5.74, 6) is 0. The molecule has 1 aliphatic rings. The van der Waals surface area contributed by atoms with Crippen LogP contribution in [-0.4, -0.2) is 31.2 Å². The van der Waals surface area contributed by atoms with Crippen LogP contribution in [-0.2, 0) is 0 Å². The third kappa shape index (κ3) is 4.26. The predicted octanol–water partition coefficient (Wildman–Crippen LogP) is 2.27. The zero-order valence-corrected chi connectivity index (χ0v) is 10.7. The summed E-state index contributed by atoms with van der Waals surface area (Å²) in [7, 11) is 0. The molecule has 0 aromatic carbocycles. The lowest BCUT2D eigenvalue weighted by molar-refractivity contribution is 0.146. The highest BCUT2D eigenvalue weighted by Crippen LogP contribution is 2.19. The second-order valence-corrected chi connectivity index (χ2v) is 3.48. The lowest BCUT2D eigenvalue weighted by Gasteiger charge is -2.29. The summed E-state index contributed by atoms with van der Waals surface area (Å²) >= 11 is 0. The Labute approximate surface area is 111 Å². The van der Waals surface area contributed by atoms with Gasteiger partial charge in [0.2, 0.25) is 0 Å².